The molecule has 1 fully saturated rings. The Balaban J connectivity index is 1.76. The minimum Gasteiger partial charge on any atom is -0.310 e. The molecule has 1 atom stereocenters. The van der Waals surface area contributed by atoms with Gasteiger partial charge in [0.05, 0.1) is 14.1 Å². The van der Waals surface area contributed by atoms with Gasteiger partial charge in [-0.2, -0.15) is 0 Å². The number of hydrogen-bond acceptors (Lipinski definition) is 3. The highest BCUT2D eigenvalue weighted by Crippen LogP contribution is 2.32. The monoisotopic (exact) mass is 344 g/mol. The van der Waals surface area contributed by atoms with Gasteiger partial charge in [-0.25, -0.2) is 0 Å². The maximum atomic E-state index is 12.7. The lowest BCUT2D eigenvalue weighted by Crippen LogP contribution is -2.42. The summed E-state index contributed by atoms with van der Waals surface area (Å²) >= 11 is 0. The molecule has 1 N–H and O–H groups in total. The van der Waals surface area contributed by atoms with E-state index in [2.05, 4.69) is 31.0 Å². The fourth-order valence-electron chi connectivity index (χ4n) is 3.85. The second kappa shape index (κ2) is 6.80. The molecule has 130 valence electrons. The molecule has 1 aromatic rings. The van der Waals surface area contributed by atoms with Crippen molar-refractivity contribution in [1.29, 1.82) is 0 Å². The molecule has 5 heteroatoms. The molecule has 2 heterocycles. The standard InChI is InChI=1S/C19H28N2O2Si/c1-24(2,3)13-15(22)12-14-6-4-8-18-16(14)9-11-21(18)19(23)17-7-5-10-20-17/h4,6,8,17,20H,5,7,9-13H2,1-3H3/t17-/m0/s1. The first-order valence-electron chi connectivity index (χ1n) is 9.02. The molecule has 0 spiro atoms. The van der Waals surface area contributed by atoms with Crippen LogP contribution in [0.15, 0.2) is 18.2 Å². The Morgan fingerprint density at radius 3 is 2.75 bits per heavy atom. The van der Waals surface area contributed by atoms with Crippen LogP contribution in [0, 0.1) is 0 Å². The van der Waals surface area contributed by atoms with Crippen molar-refractivity contribution in [2.75, 3.05) is 18.0 Å². The lowest BCUT2D eigenvalue weighted by atomic mass is 10.0. The van der Waals surface area contributed by atoms with Gasteiger partial charge in [0.25, 0.3) is 0 Å². The number of carbonyl (C=O) groups excluding carboxylic acids is 2. The second-order valence-corrected chi connectivity index (χ2v) is 13.7. The zero-order valence-electron chi connectivity index (χ0n) is 15.0. The summed E-state index contributed by atoms with van der Waals surface area (Å²) in [6.45, 7) is 8.37. The third-order valence-electron chi connectivity index (χ3n) is 4.86. The van der Waals surface area contributed by atoms with Crippen LogP contribution >= 0.6 is 0 Å². The van der Waals surface area contributed by atoms with E-state index in [9.17, 15) is 9.59 Å². The molecule has 0 aliphatic carbocycles. The fourth-order valence-corrected chi connectivity index (χ4v) is 5.16. The lowest BCUT2D eigenvalue weighted by Gasteiger charge is -2.21. The van der Waals surface area contributed by atoms with Crippen LogP contribution in [0.2, 0.25) is 25.7 Å². The van der Waals surface area contributed by atoms with Crippen molar-refractivity contribution in [3.05, 3.63) is 29.3 Å². The summed E-state index contributed by atoms with van der Waals surface area (Å²) in [6.07, 6.45) is 3.38. The Kier molecular flexibility index (Phi) is 4.92. The Hall–Kier alpha value is -1.46. The molecule has 1 aromatic carbocycles. The van der Waals surface area contributed by atoms with E-state index >= 15 is 0 Å². The Bertz CT molecular complexity index is 645. The third kappa shape index (κ3) is 3.78. The summed E-state index contributed by atoms with van der Waals surface area (Å²) in [6, 6.07) is 6.77. The highest BCUT2D eigenvalue weighted by atomic mass is 28.3. The summed E-state index contributed by atoms with van der Waals surface area (Å²) in [5.41, 5.74) is 3.34. The molecule has 1 amide bonds. The number of amides is 1. The average molecular weight is 345 g/mol. The number of carbonyl (C=O) groups is 2. The van der Waals surface area contributed by atoms with Crippen molar-refractivity contribution in [3.63, 3.8) is 0 Å². The van der Waals surface area contributed by atoms with Crippen molar-refractivity contribution in [3.8, 4) is 0 Å². The van der Waals surface area contributed by atoms with E-state index in [1.54, 1.807) is 0 Å². The van der Waals surface area contributed by atoms with Gasteiger partial charge in [-0.3, -0.25) is 9.59 Å². The number of fused-ring (bicyclic) bond motifs is 1. The summed E-state index contributed by atoms with van der Waals surface area (Å²) in [7, 11) is -1.37. The van der Waals surface area contributed by atoms with Crippen molar-refractivity contribution < 1.29 is 9.59 Å². The van der Waals surface area contributed by atoms with Crippen molar-refractivity contribution >= 4 is 25.5 Å². The first-order valence-corrected chi connectivity index (χ1v) is 12.7. The van der Waals surface area contributed by atoms with Crippen LogP contribution in [-0.4, -0.2) is 38.9 Å². The van der Waals surface area contributed by atoms with Gasteiger partial charge in [-0.05, 0) is 43.0 Å². The number of hydrogen-bond donors (Lipinski definition) is 1. The van der Waals surface area contributed by atoms with Gasteiger partial charge < -0.3 is 10.2 Å². The largest absolute Gasteiger partial charge is 0.310 e. The van der Waals surface area contributed by atoms with E-state index in [1.807, 2.05) is 17.0 Å². The predicted molar refractivity (Wildman–Crippen MR) is 100 cm³/mol. The van der Waals surface area contributed by atoms with Gasteiger partial charge >= 0.3 is 0 Å². The highest BCUT2D eigenvalue weighted by molar-refractivity contribution is 6.78. The first-order chi connectivity index (χ1) is 11.3. The topological polar surface area (TPSA) is 49.4 Å². The summed E-state index contributed by atoms with van der Waals surface area (Å²) in [4.78, 5) is 27.1. The second-order valence-electron chi connectivity index (χ2n) is 8.26. The van der Waals surface area contributed by atoms with Crippen LogP contribution in [0.1, 0.15) is 24.0 Å². The van der Waals surface area contributed by atoms with Crippen LogP contribution < -0.4 is 10.2 Å². The zero-order chi connectivity index (χ0) is 17.3. The Labute approximate surface area is 145 Å². The van der Waals surface area contributed by atoms with E-state index in [1.165, 1.54) is 5.56 Å². The predicted octanol–water partition coefficient (Wildman–Crippen LogP) is 2.78. The van der Waals surface area contributed by atoms with E-state index in [4.69, 9.17) is 0 Å². The molecule has 0 unspecified atom stereocenters. The number of ketones is 1. The van der Waals surface area contributed by atoms with E-state index in [-0.39, 0.29) is 11.9 Å². The number of Topliss-reactive ketones (excluding diaryl/α,β-unsaturated/α-hetero) is 1. The van der Waals surface area contributed by atoms with Gasteiger partial charge in [0, 0.05) is 24.7 Å². The molecular formula is C19H28N2O2Si. The quantitative estimate of drug-likeness (QED) is 0.836. The zero-order valence-corrected chi connectivity index (χ0v) is 16.0. The maximum absolute atomic E-state index is 12.7. The van der Waals surface area contributed by atoms with Gasteiger partial charge in [-0.15, -0.1) is 0 Å². The molecule has 4 nitrogen and oxygen atoms in total. The van der Waals surface area contributed by atoms with Crippen molar-refractivity contribution in [2.45, 2.75) is 57.4 Å². The van der Waals surface area contributed by atoms with Crippen LogP contribution in [0.3, 0.4) is 0 Å². The van der Waals surface area contributed by atoms with Crippen LogP contribution in [0.25, 0.3) is 0 Å². The number of anilines is 1. The smallest absolute Gasteiger partial charge is 0.244 e. The Morgan fingerprint density at radius 1 is 1.29 bits per heavy atom. The van der Waals surface area contributed by atoms with E-state index in [0.29, 0.717) is 12.2 Å². The SMILES string of the molecule is C[Si](C)(C)CC(=O)Cc1cccc2c1CCN2C(=O)[C@@H]1CCCN1. The van der Waals surface area contributed by atoms with Crippen LogP contribution in [-0.2, 0) is 22.4 Å². The van der Waals surface area contributed by atoms with Crippen molar-refractivity contribution in [2.24, 2.45) is 0 Å². The van der Waals surface area contributed by atoms with Crippen LogP contribution in [0.5, 0.6) is 0 Å². The molecule has 3 rings (SSSR count). The van der Waals surface area contributed by atoms with Crippen molar-refractivity contribution in [1.82, 2.24) is 5.32 Å². The number of nitrogens with one attached hydrogen (secondary N) is 1. The summed E-state index contributed by atoms with van der Waals surface area (Å²) in [5, 5.41) is 3.30. The van der Waals surface area contributed by atoms with Gasteiger partial charge in [-0.1, -0.05) is 31.8 Å². The molecule has 2 aliphatic rings. The number of rotatable bonds is 5. The summed E-state index contributed by atoms with van der Waals surface area (Å²) in [5.74, 6) is 0.529. The minimum absolute atomic E-state index is 0.0341. The number of nitrogens with zero attached hydrogens (tertiary/aromatic N) is 1. The van der Waals surface area contributed by atoms with Crippen LogP contribution in [0.4, 0.5) is 5.69 Å². The molecule has 0 aromatic heterocycles. The summed E-state index contributed by atoms with van der Waals surface area (Å²) < 4.78 is 0. The van der Waals surface area contributed by atoms with Gasteiger partial charge in [0.1, 0.15) is 5.78 Å². The highest BCUT2D eigenvalue weighted by Gasteiger charge is 2.32. The van der Waals surface area contributed by atoms with Gasteiger partial charge in [0.15, 0.2) is 0 Å². The van der Waals surface area contributed by atoms with E-state index < -0.39 is 8.07 Å². The fraction of sp³-hybridized carbons (Fsp3) is 0.579. The average Bonchev–Trinajstić information content (AvgIpc) is 3.15. The third-order valence-corrected chi connectivity index (χ3v) is 6.32. The maximum Gasteiger partial charge on any atom is 0.244 e. The first kappa shape index (κ1) is 17.4. The molecular weight excluding hydrogens is 316 g/mol. The lowest BCUT2D eigenvalue weighted by molar-refractivity contribution is -0.120. The van der Waals surface area contributed by atoms with E-state index in [0.717, 1.165) is 49.6 Å². The molecule has 1 saturated heterocycles. The molecule has 24 heavy (non-hydrogen) atoms. The normalized spacial score (nSPS) is 20.3. The molecule has 2 aliphatic heterocycles. The van der Waals surface area contributed by atoms with Gasteiger partial charge in [0.2, 0.25) is 5.91 Å². The number of benzene rings is 1. The Morgan fingerprint density at radius 2 is 2.08 bits per heavy atom. The molecule has 0 saturated carbocycles. The molecule has 0 bridgehead atoms. The minimum atomic E-state index is -1.37. The molecule has 0 radical (unpaired) electrons.